The zero-order valence-electron chi connectivity index (χ0n) is 17.0. The van der Waals surface area contributed by atoms with E-state index < -0.39 is 5.82 Å². The number of nitrogens with zero attached hydrogens (tertiary/aromatic N) is 3. The van der Waals surface area contributed by atoms with Gasteiger partial charge in [-0.25, -0.2) is 9.37 Å². The van der Waals surface area contributed by atoms with Gasteiger partial charge in [0.1, 0.15) is 5.75 Å². The smallest absolute Gasteiger partial charge is 0.248 e. The minimum absolute atomic E-state index is 0.0936. The van der Waals surface area contributed by atoms with Crippen LogP contribution in [-0.2, 0) is 4.79 Å². The first-order valence-electron chi connectivity index (χ1n) is 10.3. The molecule has 1 amide bonds. The molecule has 0 bridgehead atoms. The number of halogens is 1. The van der Waals surface area contributed by atoms with Crippen molar-refractivity contribution in [3.63, 3.8) is 0 Å². The lowest BCUT2D eigenvalue weighted by molar-refractivity contribution is -0.111. The number of aromatic nitrogens is 2. The summed E-state index contributed by atoms with van der Waals surface area (Å²) >= 11 is 0. The predicted octanol–water partition coefficient (Wildman–Crippen LogP) is 5.05. The van der Waals surface area contributed by atoms with Crippen molar-refractivity contribution in [2.45, 2.75) is 19.3 Å². The molecule has 1 aliphatic rings. The van der Waals surface area contributed by atoms with E-state index in [4.69, 9.17) is 4.74 Å². The first-order valence-corrected chi connectivity index (χ1v) is 10.3. The van der Waals surface area contributed by atoms with Crippen LogP contribution >= 0.6 is 0 Å². The number of carbonyl (C=O) groups is 1. The molecule has 7 heteroatoms. The van der Waals surface area contributed by atoms with Crippen molar-refractivity contribution < 1.29 is 13.9 Å². The van der Waals surface area contributed by atoms with Gasteiger partial charge in [0.25, 0.3) is 0 Å². The highest BCUT2D eigenvalue weighted by atomic mass is 19.1. The van der Waals surface area contributed by atoms with Crippen molar-refractivity contribution in [3.05, 3.63) is 78.5 Å². The summed E-state index contributed by atoms with van der Waals surface area (Å²) in [6.45, 7) is 1.87. The van der Waals surface area contributed by atoms with Gasteiger partial charge in [-0.05, 0) is 67.3 Å². The fraction of sp³-hybridized carbons (Fsp3) is 0.208. The van der Waals surface area contributed by atoms with Gasteiger partial charge in [0.05, 0.1) is 11.9 Å². The number of amides is 1. The Morgan fingerprint density at radius 1 is 1.10 bits per heavy atom. The van der Waals surface area contributed by atoms with Gasteiger partial charge in [-0.3, -0.25) is 9.78 Å². The first kappa shape index (κ1) is 20.5. The molecule has 1 aliphatic heterocycles. The molecular weight excluding hydrogens is 395 g/mol. The number of hydrogen-bond acceptors (Lipinski definition) is 5. The summed E-state index contributed by atoms with van der Waals surface area (Å²) in [7, 11) is 0. The van der Waals surface area contributed by atoms with Crippen molar-refractivity contribution in [1.82, 2.24) is 9.97 Å². The van der Waals surface area contributed by atoms with E-state index in [1.165, 1.54) is 30.8 Å². The number of rotatable bonds is 6. The third kappa shape index (κ3) is 5.45. The SMILES string of the molecule is O=C(/C=C/c1ccc(Oc2cccnc2)c(F)c1)Nc1cccnc1N1CCCCC1. The Labute approximate surface area is 180 Å². The number of anilines is 2. The molecule has 4 rings (SSSR count). The summed E-state index contributed by atoms with van der Waals surface area (Å²) in [5.41, 5.74) is 1.22. The molecule has 0 atom stereocenters. The van der Waals surface area contributed by atoms with Gasteiger partial charge in [0, 0.05) is 31.6 Å². The molecule has 0 spiro atoms. The van der Waals surface area contributed by atoms with E-state index in [-0.39, 0.29) is 11.7 Å². The van der Waals surface area contributed by atoms with E-state index >= 15 is 0 Å². The van der Waals surface area contributed by atoms with Crippen LogP contribution < -0.4 is 15.0 Å². The molecule has 6 nitrogen and oxygen atoms in total. The average Bonchev–Trinajstić information content (AvgIpc) is 2.81. The van der Waals surface area contributed by atoms with Crippen LogP contribution in [0.4, 0.5) is 15.9 Å². The minimum atomic E-state index is -0.522. The van der Waals surface area contributed by atoms with Gasteiger partial charge in [-0.2, -0.15) is 0 Å². The van der Waals surface area contributed by atoms with Gasteiger partial charge >= 0.3 is 0 Å². The number of benzene rings is 1. The molecule has 1 aromatic carbocycles. The van der Waals surface area contributed by atoms with E-state index in [1.54, 1.807) is 42.7 Å². The van der Waals surface area contributed by atoms with E-state index in [0.29, 0.717) is 17.0 Å². The molecule has 1 saturated heterocycles. The summed E-state index contributed by atoms with van der Waals surface area (Å²) in [6, 6.07) is 11.6. The normalized spacial score (nSPS) is 13.9. The zero-order chi connectivity index (χ0) is 21.5. The number of carbonyl (C=O) groups excluding carboxylic acids is 1. The summed E-state index contributed by atoms with van der Waals surface area (Å²) in [4.78, 5) is 23.0. The Morgan fingerprint density at radius 2 is 1.94 bits per heavy atom. The number of hydrogen-bond donors (Lipinski definition) is 1. The molecule has 31 heavy (non-hydrogen) atoms. The zero-order valence-corrected chi connectivity index (χ0v) is 17.0. The average molecular weight is 418 g/mol. The molecule has 0 saturated carbocycles. The molecule has 3 aromatic rings. The van der Waals surface area contributed by atoms with Gasteiger partial charge < -0.3 is 15.0 Å². The molecule has 0 radical (unpaired) electrons. The van der Waals surface area contributed by atoms with Crippen molar-refractivity contribution in [3.8, 4) is 11.5 Å². The summed E-state index contributed by atoms with van der Waals surface area (Å²) in [6.07, 6.45) is 11.2. The Morgan fingerprint density at radius 3 is 2.71 bits per heavy atom. The summed E-state index contributed by atoms with van der Waals surface area (Å²) < 4.78 is 19.9. The molecule has 2 aromatic heterocycles. The molecule has 0 aliphatic carbocycles. The highest BCUT2D eigenvalue weighted by Gasteiger charge is 2.16. The maximum Gasteiger partial charge on any atom is 0.248 e. The van der Waals surface area contributed by atoms with E-state index in [0.717, 1.165) is 31.7 Å². The van der Waals surface area contributed by atoms with Crippen molar-refractivity contribution in [2.24, 2.45) is 0 Å². The first-order chi connectivity index (χ1) is 15.2. The predicted molar refractivity (Wildman–Crippen MR) is 119 cm³/mol. The number of piperidine rings is 1. The van der Waals surface area contributed by atoms with Crippen LogP contribution in [0.2, 0.25) is 0 Å². The highest BCUT2D eigenvalue weighted by molar-refractivity contribution is 6.03. The van der Waals surface area contributed by atoms with Gasteiger partial charge in [-0.1, -0.05) is 6.07 Å². The van der Waals surface area contributed by atoms with Crippen LogP contribution in [0.1, 0.15) is 24.8 Å². The van der Waals surface area contributed by atoms with Crippen LogP contribution in [-0.4, -0.2) is 29.0 Å². The third-order valence-corrected chi connectivity index (χ3v) is 4.95. The molecule has 1 N–H and O–H groups in total. The number of ether oxygens (including phenoxy) is 1. The Kier molecular flexibility index (Phi) is 6.52. The molecule has 3 heterocycles. The van der Waals surface area contributed by atoms with Gasteiger partial charge in [-0.15, -0.1) is 0 Å². The Balaban J connectivity index is 1.41. The topological polar surface area (TPSA) is 67.3 Å². The third-order valence-electron chi connectivity index (χ3n) is 4.95. The van der Waals surface area contributed by atoms with E-state index in [2.05, 4.69) is 20.2 Å². The quantitative estimate of drug-likeness (QED) is 0.568. The Hall–Kier alpha value is -3.74. The van der Waals surface area contributed by atoms with Crippen molar-refractivity contribution in [2.75, 3.05) is 23.3 Å². The summed E-state index contributed by atoms with van der Waals surface area (Å²) in [5, 5.41) is 2.88. The monoisotopic (exact) mass is 418 g/mol. The second-order valence-corrected chi connectivity index (χ2v) is 7.23. The van der Waals surface area contributed by atoms with Crippen LogP contribution in [0.3, 0.4) is 0 Å². The van der Waals surface area contributed by atoms with Crippen LogP contribution in [0.25, 0.3) is 6.08 Å². The van der Waals surface area contributed by atoms with Crippen LogP contribution in [0.5, 0.6) is 11.5 Å². The highest BCUT2D eigenvalue weighted by Crippen LogP contribution is 2.26. The van der Waals surface area contributed by atoms with Crippen LogP contribution in [0.15, 0.2) is 67.1 Å². The molecule has 158 valence electrons. The lowest BCUT2D eigenvalue weighted by Crippen LogP contribution is -2.31. The maximum absolute atomic E-state index is 14.4. The van der Waals surface area contributed by atoms with Crippen molar-refractivity contribution >= 4 is 23.5 Å². The van der Waals surface area contributed by atoms with E-state index in [1.807, 2.05) is 6.07 Å². The fourth-order valence-corrected chi connectivity index (χ4v) is 3.44. The lowest BCUT2D eigenvalue weighted by Gasteiger charge is -2.29. The summed E-state index contributed by atoms with van der Waals surface area (Å²) in [5.74, 6) is 0.501. The number of pyridine rings is 2. The second kappa shape index (κ2) is 9.84. The van der Waals surface area contributed by atoms with Crippen LogP contribution in [0, 0.1) is 5.82 Å². The number of nitrogens with one attached hydrogen (secondary N) is 1. The van der Waals surface area contributed by atoms with Crippen molar-refractivity contribution in [1.29, 1.82) is 0 Å². The molecule has 0 unspecified atom stereocenters. The minimum Gasteiger partial charge on any atom is -0.453 e. The lowest BCUT2D eigenvalue weighted by atomic mass is 10.1. The van der Waals surface area contributed by atoms with Gasteiger partial charge in [0.2, 0.25) is 5.91 Å². The van der Waals surface area contributed by atoms with E-state index in [9.17, 15) is 9.18 Å². The maximum atomic E-state index is 14.4. The Bertz CT molecular complexity index is 1070. The fourth-order valence-electron chi connectivity index (χ4n) is 3.44. The second-order valence-electron chi connectivity index (χ2n) is 7.23. The van der Waals surface area contributed by atoms with Gasteiger partial charge in [0.15, 0.2) is 17.4 Å². The standard InChI is InChI=1S/C24H23FN4O2/c25-20-16-18(8-10-22(20)31-19-6-4-12-26-17-19)9-11-23(30)28-21-7-5-13-27-24(21)29-14-2-1-3-15-29/h4-13,16-17H,1-3,14-15H2,(H,28,30)/b11-9+. The molecule has 1 fully saturated rings. The molecular formula is C24H23FN4O2. The largest absolute Gasteiger partial charge is 0.453 e.